The number of hydrogen-bond acceptors (Lipinski definition) is 2. The van der Waals surface area contributed by atoms with Crippen LogP contribution >= 0.6 is 0 Å². The van der Waals surface area contributed by atoms with Crippen LogP contribution in [-0.2, 0) is 6.42 Å². The fraction of sp³-hybridized carbons (Fsp3) is 0.133. The number of rotatable bonds is 4. The molecule has 2 rings (SSSR count). The Hall–Kier alpha value is -2.43. The lowest BCUT2D eigenvalue weighted by molar-refractivity contribution is 0.0953. The van der Waals surface area contributed by atoms with Crippen LogP contribution in [0.15, 0.2) is 42.5 Å². The van der Waals surface area contributed by atoms with E-state index >= 15 is 0 Å². The number of phenolic OH excluding ortho intramolecular Hbond substituents is 1. The van der Waals surface area contributed by atoms with Gasteiger partial charge in [-0.3, -0.25) is 4.79 Å². The average Bonchev–Trinajstić information content (AvgIpc) is 2.44. The molecule has 2 aromatic carbocycles. The summed E-state index contributed by atoms with van der Waals surface area (Å²) in [6.45, 7) is 0.364. The molecule has 0 aliphatic rings. The molecule has 0 atom stereocenters. The van der Waals surface area contributed by atoms with E-state index in [2.05, 4.69) is 5.32 Å². The molecule has 2 aromatic rings. The maximum atomic E-state index is 13.0. The highest BCUT2D eigenvalue weighted by atomic mass is 19.2. The van der Waals surface area contributed by atoms with E-state index < -0.39 is 17.5 Å². The second-order valence-electron chi connectivity index (χ2n) is 4.30. The number of carbonyl (C=O) groups excluding carboxylic acids is 1. The summed E-state index contributed by atoms with van der Waals surface area (Å²) < 4.78 is 25.7. The van der Waals surface area contributed by atoms with Gasteiger partial charge in [0.05, 0.1) is 0 Å². The highest BCUT2D eigenvalue weighted by molar-refractivity contribution is 5.94. The molecule has 0 heterocycles. The van der Waals surface area contributed by atoms with E-state index in [9.17, 15) is 13.6 Å². The van der Waals surface area contributed by atoms with Gasteiger partial charge in [0.15, 0.2) is 11.6 Å². The van der Waals surface area contributed by atoms with Crippen molar-refractivity contribution < 1.29 is 18.7 Å². The Kier molecular flexibility index (Phi) is 4.30. The molecule has 3 nitrogen and oxygen atoms in total. The Morgan fingerprint density at radius 2 is 1.75 bits per heavy atom. The predicted octanol–water partition coefficient (Wildman–Crippen LogP) is 2.64. The van der Waals surface area contributed by atoms with E-state index in [4.69, 9.17) is 5.11 Å². The fourth-order valence-electron chi connectivity index (χ4n) is 1.72. The topological polar surface area (TPSA) is 49.3 Å². The van der Waals surface area contributed by atoms with Gasteiger partial charge in [0.2, 0.25) is 0 Å². The van der Waals surface area contributed by atoms with Gasteiger partial charge in [0, 0.05) is 12.1 Å². The smallest absolute Gasteiger partial charge is 0.251 e. The highest BCUT2D eigenvalue weighted by Gasteiger charge is 2.09. The summed E-state index contributed by atoms with van der Waals surface area (Å²) in [6.07, 6.45) is 0.579. The number of carbonyl (C=O) groups is 1. The Morgan fingerprint density at radius 1 is 1.05 bits per heavy atom. The first-order valence-corrected chi connectivity index (χ1v) is 6.07. The van der Waals surface area contributed by atoms with Crippen LogP contribution in [0.1, 0.15) is 15.9 Å². The van der Waals surface area contributed by atoms with E-state index in [0.29, 0.717) is 13.0 Å². The third-order valence-corrected chi connectivity index (χ3v) is 2.82. The molecule has 20 heavy (non-hydrogen) atoms. The lowest BCUT2D eigenvalue weighted by atomic mass is 10.1. The molecule has 2 N–H and O–H groups in total. The van der Waals surface area contributed by atoms with Crippen LogP contribution in [0, 0.1) is 11.6 Å². The number of amides is 1. The van der Waals surface area contributed by atoms with Crippen molar-refractivity contribution in [2.24, 2.45) is 0 Å². The third-order valence-electron chi connectivity index (χ3n) is 2.82. The molecule has 0 saturated carbocycles. The zero-order valence-corrected chi connectivity index (χ0v) is 10.6. The largest absolute Gasteiger partial charge is 0.508 e. The van der Waals surface area contributed by atoms with Crippen molar-refractivity contribution in [1.29, 1.82) is 0 Å². The maximum Gasteiger partial charge on any atom is 0.251 e. The van der Waals surface area contributed by atoms with Crippen LogP contribution < -0.4 is 5.32 Å². The Morgan fingerprint density at radius 3 is 2.40 bits per heavy atom. The van der Waals surface area contributed by atoms with Gasteiger partial charge in [0.1, 0.15) is 5.75 Å². The van der Waals surface area contributed by atoms with Crippen molar-refractivity contribution in [3.05, 3.63) is 65.2 Å². The van der Waals surface area contributed by atoms with E-state index in [0.717, 1.165) is 17.7 Å². The molecule has 0 aromatic heterocycles. The Labute approximate surface area is 114 Å². The predicted molar refractivity (Wildman–Crippen MR) is 70.5 cm³/mol. The first-order chi connectivity index (χ1) is 9.56. The Balaban J connectivity index is 1.88. The number of benzene rings is 2. The average molecular weight is 277 g/mol. The van der Waals surface area contributed by atoms with E-state index in [1.165, 1.54) is 6.07 Å². The van der Waals surface area contributed by atoms with Crippen LogP contribution in [0.2, 0.25) is 0 Å². The summed E-state index contributed by atoms with van der Waals surface area (Å²) >= 11 is 0. The summed E-state index contributed by atoms with van der Waals surface area (Å²) in [4.78, 5) is 11.7. The first kappa shape index (κ1) is 14.0. The number of aromatic hydroxyl groups is 1. The molecule has 0 aliphatic carbocycles. The van der Waals surface area contributed by atoms with Crippen molar-refractivity contribution in [2.75, 3.05) is 6.54 Å². The molecular formula is C15H13F2NO2. The summed E-state index contributed by atoms with van der Waals surface area (Å²) in [6, 6.07) is 9.64. The number of nitrogens with one attached hydrogen (secondary N) is 1. The molecule has 0 aliphatic heterocycles. The van der Waals surface area contributed by atoms with Gasteiger partial charge in [-0.1, -0.05) is 12.1 Å². The Bertz CT molecular complexity index is 612. The number of phenols is 1. The molecule has 0 spiro atoms. The van der Waals surface area contributed by atoms with Gasteiger partial charge in [-0.25, -0.2) is 8.78 Å². The number of halogens is 2. The second-order valence-corrected chi connectivity index (χ2v) is 4.30. The second kappa shape index (κ2) is 6.14. The first-order valence-electron chi connectivity index (χ1n) is 6.07. The van der Waals surface area contributed by atoms with Crippen LogP contribution in [0.5, 0.6) is 5.75 Å². The van der Waals surface area contributed by atoms with Crippen molar-refractivity contribution >= 4 is 5.91 Å². The molecule has 0 unspecified atom stereocenters. The quantitative estimate of drug-likeness (QED) is 0.902. The molecule has 0 radical (unpaired) electrons. The summed E-state index contributed by atoms with van der Waals surface area (Å²) in [5.41, 5.74) is 1.03. The molecule has 0 saturated heterocycles. The van der Waals surface area contributed by atoms with Crippen molar-refractivity contribution in [1.82, 2.24) is 5.32 Å². The molecule has 104 valence electrons. The standard InChI is InChI=1S/C15H13F2NO2/c16-13-6-3-11(9-14(13)17)15(20)18-8-7-10-1-4-12(19)5-2-10/h1-6,9,19H,7-8H2,(H,18,20). The molecule has 5 heteroatoms. The maximum absolute atomic E-state index is 13.0. The molecule has 1 amide bonds. The third kappa shape index (κ3) is 3.54. The van der Waals surface area contributed by atoms with Gasteiger partial charge >= 0.3 is 0 Å². The van der Waals surface area contributed by atoms with Crippen molar-refractivity contribution in [2.45, 2.75) is 6.42 Å². The van der Waals surface area contributed by atoms with Crippen LogP contribution in [-0.4, -0.2) is 17.6 Å². The van der Waals surface area contributed by atoms with Crippen LogP contribution in [0.25, 0.3) is 0 Å². The zero-order valence-electron chi connectivity index (χ0n) is 10.6. The van der Waals surface area contributed by atoms with Crippen LogP contribution in [0.3, 0.4) is 0 Å². The SMILES string of the molecule is O=C(NCCc1ccc(O)cc1)c1ccc(F)c(F)c1. The summed E-state index contributed by atoms with van der Waals surface area (Å²) in [7, 11) is 0. The molecular weight excluding hydrogens is 264 g/mol. The summed E-state index contributed by atoms with van der Waals surface area (Å²) in [5.74, 6) is -2.30. The van der Waals surface area contributed by atoms with Gasteiger partial charge < -0.3 is 10.4 Å². The zero-order chi connectivity index (χ0) is 14.5. The lowest BCUT2D eigenvalue weighted by Gasteiger charge is -2.06. The minimum atomic E-state index is -1.05. The van der Waals surface area contributed by atoms with Crippen LogP contribution in [0.4, 0.5) is 8.78 Å². The monoisotopic (exact) mass is 277 g/mol. The highest BCUT2D eigenvalue weighted by Crippen LogP contribution is 2.10. The van der Waals surface area contributed by atoms with Gasteiger partial charge in [-0.05, 0) is 42.3 Å². The minimum Gasteiger partial charge on any atom is -0.508 e. The van der Waals surface area contributed by atoms with E-state index in [1.807, 2.05) is 0 Å². The van der Waals surface area contributed by atoms with Gasteiger partial charge in [-0.15, -0.1) is 0 Å². The minimum absolute atomic E-state index is 0.0783. The normalized spacial score (nSPS) is 10.3. The van der Waals surface area contributed by atoms with Gasteiger partial charge in [0.25, 0.3) is 5.91 Å². The fourth-order valence-corrected chi connectivity index (χ4v) is 1.72. The van der Waals surface area contributed by atoms with Crippen molar-refractivity contribution in [3.8, 4) is 5.75 Å². The van der Waals surface area contributed by atoms with E-state index in [1.54, 1.807) is 24.3 Å². The van der Waals surface area contributed by atoms with E-state index in [-0.39, 0.29) is 11.3 Å². The van der Waals surface area contributed by atoms with Crippen molar-refractivity contribution in [3.63, 3.8) is 0 Å². The number of hydrogen-bond donors (Lipinski definition) is 2. The molecule has 0 bridgehead atoms. The summed E-state index contributed by atoms with van der Waals surface area (Å²) in [5, 5.41) is 11.7. The van der Waals surface area contributed by atoms with Gasteiger partial charge in [-0.2, -0.15) is 0 Å². The lowest BCUT2D eigenvalue weighted by Crippen LogP contribution is -2.25. The molecule has 0 fully saturated rings.